The first-order valence-electron chi connectivity index (χ1n) is 5.83. The number of hydrogen-bond donors (Lipinski definition) is 1. The Morgan fingerprint density at radius 2 is 2.28 bits per heavy atom. The smallest absolute Gasteiger partial charge is 0.257 e. The van der Waals surface area contributed by atoms with Crippen LogP contribution >= 0.6 is 11.6 Å². The lowest BCUT2D eigenvalue weighted by Crippen LogP contribution is -2.30. The van der Waals surface area contributed by atoms with Crippen molar-refractivity contribution in [1.29, 1.82) is 0 Å². The van der Waals surface area contributed by atoms with Crippen LogP contribution in [0.4, 0.5) is 0 Å². The number of carbonyl (C=O) groups excluding carboxylic acids is 2. The summed E-state index contributed by atoms with van der Waals surface area (Å²) in [5.74, 6) is 0.894. The molecule has 0 saturated heterocycles. The highest BCUT2D eigenvalue weighted by atomic mass is 35.5. The summed E-state index contributed by atoms with van der Waals surface area (Å²) in [6.45, 7) is 0.660. The average molecular weight is 268 g/mol. The molecule has 5 heteroatoms. The van der Waals surface area contributed by atoms with Gasteiger partial charge < -0.3 is 10.1 Å². The number of hydrogen-bond acceptors (Lipinski definition) is 3. The number of rotatable bonds is 6. The Bertz CT molecular complexity index is 458. The summed E-state index contributed by atoms with van der Waals surface area (Å²) in [7, 11) is 0. The molecule has 0 bridgehead atoms. The second-order valence-corrected chi connectivity index (χ2v) is 4.75. The standard InChI is InChI=1S/C13H14ClNO3/c14-11-5-10(7-16)3-4-12(11)18-8-13(17)15-6-9-1-2-9/h3-5,7,9H,1-2,6,8H2,(H,15,17). The van der Waals surface area contributed by atoms with E-state index >= 15 is 0 Å². The summed E-state index contributed by atoms with van der Waals surface area (Å²) >= 11 is 5.91. The van der Waals surface area contributed by atoms with E-state index < -0.39 is 0 Å². The van der Waals surface area contributed by atoms with Crippen LogP contribution in [0.3, 0.4) is 0 Å². The van der Waals surface area contributed by atoms with Crippen molar-refractivity contribution in [2.75, 3.05) is 13.2 Å². The Labute approximate surface area is 110 Å². The molecule has 1 aromatic rings. The molecule has 18 heavy (non-hydrogen) atoms. The maximum Gasteiger partial charge on any atom is 0.257 e. The first kappa shape index (κ1) is 12.9. The van der Waals surface area contributed by atoms with Crippen LogP contribution in [0.15, 0.2) is 18.2 Å². The number of aldehydes is 1. The highest BCUT2D eigenvalue weighted by molar-refractivity contribution is 6.32. The SMILES string of the molecule is O=Cc1ccc(OCC(=O)NCC2CC2)c(Cl)c1. The minimum atomic E-state index is -0.155. The van der Waals surface area contributed by atoms with Crippen LogP contribution in [-0.4, -0.2) is 25.3 Å². The number of nitrogens with one attached hydrogen (secondary N) is 1. The second kappa shape index (κ2) is 5.87. The van der Waals surface area contributed by atoms with Crippen LogP contribution in [0, 0.1) is 5.92 Å². The van der Waals surface area contributed by atoms with Gasteiger partial charge in [-0.25, -0.2) is 0 Å². The highest BCUT2D eigenvalue weighted by Gasteiger charge is 2.21. The molecule has 1 aromatic carbocycles. The molecule has 1 amide bonds. The van der Waals surface area contributed by atoms with Gasteiger partial charge in [-0.3, -0.25) is 9.59 Å². The van der Waals surface area contributed by atoms with E-state index in [1.165, 1.54) is 18.9 Å². The molecule has 1 fully saturated rings. The van der Waals surface area contributed by atoms with Crippen LogP contribution in [0.5, 0.6) is 5.75 Å². The third-order valence-corrected chi connectivity index (χ3v) is 3.03. The summed E-state index contributed by atoms with van der Waals surface area (Å²) in [6, 6.07) is 4.68. The van der Waals surface area contributed by atoms with Crippen molar-refractivity contribution >= 4 is 23.8 Å². The Balaban J connectivity index is 1.81. The van der Waals surface area contributed by atoms with Crippen molar-refractivity contribution in [3.05, 3.63) is 28.8 Å². The number of carbonyl (C=O) groups is 2. The zero-order valence-corrected chi connectivity index (χ0v) is 10.6. The number of halogens is 1. The van der Waals surface area contributed by atoms with Gasteiger partial charge in [0.2, 0.25) is 0 Å². The fraction of sp³-hybridized carbons (Fsp3) is 0.385. The summed E-state index contributed by atoms with van der Waals surface area (Å²) in [4.78, 5) is 22.0. The molecule has 96 valence electrons. The maximum atomic E-state index is 11.4. The van der Waals surface area contributed by atoms with Crippen molar-refractivity contribution < 1.29 is 14.3 Å². The molecule has 4 nitrogen and oxygen atoms in total. The van der Waals surface area contributed by atoms with E-state index in [9.17, 15) is 9.59 Å². The molecule has 1 saturated carbocycles. The largest absolute Gasteiger partial charge is 0.482 e. The van der Waals surface area contributed by atoms with Crippen molar-refractivity contribution in [2.24, 2.45) is 5.92 Å². The van der Waals surface area contributed by atoms with Crippen LogP contribution < -0.4 is 10.1 Å². The fourth-order valence-electron chi connectivity index (χ4n) is 1.48. The predicted molar refractivity (Wildman–Crippen MR) is 68.1 cm³/mol. The number of ether oxygens (including phenoxy) is 1. The summed E-state index contributed by atoms with van der Waals surface area (Å²) < 4.78 is 5.29. The van der Waals surface area contributed by atoms with Gasteiger partial charge in [-0.2, -0.15) is 0 Å². The molecule has 0 heterocycles. The molecular formula is C13H14ClNO3. The van der Waals surface area contributed by atoms with Crippen LogP contribution in [0.1, 0.15) is 23.2 Å². The number of amides is 1. The molecular weight excluding hydrogens is 254 g/mol. The Morgan fingerprint density at radius 3 is 2.89 bits per heavy atom. The van der Waals surface area contributed by atoms with Gasteiger partial charge in [0.1, 0.15) is 12.0 Å². The van der Waals surface area contributed by atoms with E-state index in [1.54, 1.807) is 12.1 Å². The van der Waals surface area contributed by atoms with Crippen molar-refractivity contribution in [2.45, 2.75) is 12.8 Å². The van der Waals surface area contributed by atoms with Gasteiger partial charge in [-0.15, -0.1) is 0 Å². The van der Waals surface area contributed by atoms with Gasteiger partial charge in [-0.1, -0.05) is 11.6 Å². The van der Waals surface area contributed by atoms with Crippen molar-refractivity contribution in [3.8, 4) is 5.75 Å². The zero-order chi connectivity index (χ0) is 13.0. The average Bonchev–Trinajstić information content (AvgIpc) is 3.18. The Hall–Kier alpha value is -1.55. The third-order valence-electron chi connectivity index (χ3n) is 2.74. The lowest BCUT2D eigenvalue weighted by molar-refractivity contribution is -0.123. The first-order chi connectivity index (χ1) is 8.69. The van der Waals surface area contributed by atoms with E-state index in [1.807, 2.05) is 0 Å². The molecule has 0 radical (unpaired) electrons. The van der Waals surface area contributed by atoms with Gasteiger partial charge in [0.05, 0.1) is 5.02 Å². The van der Waals surface area contributed by atoms with Crippen molar-refractivity contribution in [1.82, 2.24) is 5.32 Å². The van der Waals surface area contributed by atoms with Gasteiger partial charge in [0, 0.05) is 12.1 Å². The van der Waals surface area contributed by atoms with E-state index in [2.05, 4.69) is 5.32 Å². The minimum Gasteiger partial charge on any atom is -0.482 e. The molecule has 0 aromatic heterocycles. The Kier molecular flexibility index (Phi) is 4.20. The van der Waals surface area contributed by atoms with Gasteiger partial charge in [-0.05, 0) is 37.0 Å². The third kappa shape index (κ3) is 3.74. The molecule has 1 aliphatic rings. The zero-order valence-electron chi connectivity index (χ0n) is 9.82. The predicted octanol–water partition coefficient (Wildman–Crippen LogP) is 2.06. The lowest BCUT2D eigenvalue weighted by Gasteiger charge is -2.08. The van der Waals surface area contributed by atoms with Crippen LogP contribution in [0.2, 0.25) is 5.02 Å². The molecule has 2 rings (SSSR count). The maximum absolute atomic E-state index is 11.4. The monoisotopic (exact) mass is 267 g/mol. The quantitative estimate of drug-likeness (QED) is 0.803. The van der Waals surface area contributed by atoms with E-state index in [-0.39, 0.29) is 12.5 Å². The molecule has 1 aliphatic carbocycles. The van der Waals surface area contributed by atoms with Gasteiger partial charge in [0.25, 0.3) is 5.91 Å². The van der Waals surface area contributed by atoms with Crippen molar-refractivity contribution in [3.63, 3.8) is 0 Å². The van der Waals surface area contributed by atoms with E-state index in [4.69, 9.17) is 16.3 Å². The molecule has 0 aliphatic heterocycles. The van der Waals surface area contributed by atoms with Crippen LogP contribution in [-0.2, 0) is 4.79 Å². The summed E-state index contributed by atoms with van der Waals surface area (Å²) in [6.07, 6.45) is 3.10. The van der Waals surface area contributed by atoms with E-state index in [0.29, 0.717) is 28.5 Å². The second-order valence-electron chi connectivity index (χ2n) is 4.34. The lowest BCUT2D eigenvalue weighted by atomic mass is 10.2. The summed E-state index contributed by atoms with van der Waals surface area (Å²) in [5, 5.41) is 3.12. The molecule has 0 atom stereocenters. The minimum absolute atomic E-state index is 0.0626. The van der Waals surface area contributed by atoms with Gasteiger partial charge in [0.15, 0.2) is 6.61 Å². The van der Waals surface area contributed by atoms with Crippen LogP contribution in [0.25, 0.3) is 0 Å². The molecule has 0 spiro atoms. The normalized spacial score (nSPS) is 14.1. The molecule has 1 N–H and O–H groups in total. The fourth-order valence-corrected chi connectivity index (χ4v) is 1.73. The number of benzene rings is 1. The first-order valence-corrected chi connectivity index (χ1v) is 6.21. The van der Waals surface area contributed by atoms with E-state index in [0.717, 1.165) is 6.54 Å². The topological polar surface area (TPSA) is 55.4 Å². The Morgan fingerprint density at radius 1 is 1.50 bits per heavy atom. The van der Waals surface area contributed by atoms with Gasteiger partial charge >= 0.3 is 0 Å². The highest BCUT2D eigenvalue weighted by Crippen LogP contribution is 2.27. The molecule has 0 unspecified atom stereocenters. The summed E-state index contributed by atoms with van der Waals surface area (Å²) in [5.41, 5.74) is 0.477.